The maximum Gasteiger partial charge on any atom is 0.303 e. The number of nitrogens with zero attached hydrogens (tertiary/aromatic N) is 2. The standard InChI is InChI=1S/C25H32N2O4S/c28-22(29)13-12-19-16-32-24(26-19)23(30)20-14-18-10-6-1-2-7-11-21(18)27(25(20)31)15-17-8-4-3-5-9-17/h14,16-17H,1-13,15H2,(H,28,29). The van der Waals surface area contributed by atoms with Crippen molar-refractivity contribution in [3.63, 3.8) is 0 Å². The average Bonchev–Trinajstić information content (AvgIpc) is 3.24. The number of fused-ring (bicyclic) bond motifs is 1. The summed E-state index contributed by atoms with van der Waals surface area (Å²) in [6, 6.07) is 1.83. The number of thiazole rings is 1. The van der Waals surface area contributed by atoms with Gasteiger partial charge in [0.05, 0.1) is 17.7 Å². The fourth-order valence-electron chi connectivity index (χ4n) is 5.09. The summed E-state index contributed by atoms with van der Waals surface area (Å²) < 4.78 is 1.93. The molecule has 2 aliphatic carbocycles. The highest BCUT2D eigenvalue weighted by Crippen LogP contribution is 2.27. The fourth-order valence-corrected chi connectivity index (χ4v) is 5.90. The Bertz CT molecular complexity index is 1030. The van der Waals surface area contributed by atoms with Gasteiger partial charge in [0.1, 0.15) is 0 Å². The van der Waals surface area contributed by atoms with E-state index in [1.807, 2.05) is 10.6 Å². The first-order valence-electron chi connectivity index (χ1n) is 12.0. The monoisotopic (exact) mass is 456 g/mol. The minimum atomic E-state index is -0.891. The van der Waals surface area contributed by atoms with Gasteiger partial charge in [0.25, 0.3) is 5.56 Å². The molecule has 2 heterocycles. The summed E-state index contributed by atoms with van der Waals surface area (Å²) in [5.74, 6) is -0.717. The van der Waals surface area contributed by atoms with Crippen LogP contribution >= 0.6 is 11.3 Å². The normalized spacial score (nSPS) is 17.4. The molecule has 4 rings (SSSR count). The van der Waals surface area contributed by atoms with E-state index in [0.29, 0.717) is 18.2 Å². The van der Waals surface area contributed by atoms with E-state index >= 15 is 0 Å². The maximum absolute atomic E-state index is 13.6. The zero-order valence-electron chi connectivity index (χ0n) is 18.6. The van der Waals surface area contributed by atoms with Gasteiger partial charge in [-0.1, -0.05) is 32.1 Å². The highest BCUT2D eigenvalue weighted by Gasteiger charge is 2.25. The number of carboxylic acids is 1. The third kappa shape index (κ3) is 5.37. The third-order valence-corrected chi connectivity index (χ3v) is 7.74. The van der Waals surface area contributed by atoms with E-state index in [4.69, 9.17) is 5.11 Å². The van der Waals surface area contributed by atoms with Crippen LogP contribution in [0.15, 0.2) is 16.2 Å². The second-order valence-corrected chi connectivity index (χ2v) is 10.1. The summed E-state index contributed by atoms with van der Waals surface area (Å²) in [5.41, 5.74) is 2.92. The van der Waals surface area contributed by atoms with Crippen molar-refractivity contribution in [3.8, 4) is 0 Å². The Kier molecular flexibility index (Phi) is 7.55. The minimum absolute atomic E-state index is 0.0234. The van der Waals surface area contributed by atoms with Crippen molar-refractivity contribution in [3.05, 3.63) is 49.3 Å². The number of hydrogen-bond acceptors (Lipinski definition) is 5. The Morgan fingerprint density at radius 2 is 1.78 bits per heavy atom. The summed E-state index contributed by atoms with van der Waals surface area (Å²) in [6.07, 6.45) is 12.6. The molecule has 6 nitrogen and oxygen atoms in total. The first-order valence-corrected chi connectivity index (χ1v) is 12.9. The molecular weight excluding hydrogens is 424 g/mol. The lowest BCUT2D eigenvalue weighted by Crippen LogP contribution is -2.33. The molecule has 2 aromatic heterocycles. The number of carbonyl (C=O) groups is 2. The molecule has 7 heteroatoms. The predicted octanol–water partition coefficient (Wildman–Crippen LogP) is 4.79. The Balaban J connectivity index is 1.68. The maximum atomic E-state index is 13.6. The lowest BCUT2D eigenvalue weighted by molar-refractivity contribution is -0.136. The van der Waals surface area contributed by atoms with Crippen LogP contribution in [0.2, 0.25) is 0 Å². The summed E-state index contributed by atoms with van der Waals surface area (Å²) in [7, 11) is 0. The quantitative estimate of drug-likeness (QED) is 0.605. The molecule has 0 saturated heterocycles. The second-order valence-electron chi connectivity index (χ2n) is 9.23. The van der Waals surface area contributed by atoms with Crippen molar-refractivity contribution in [2.75, 3.05) is 0 Å². The zero-order valence-corrected chi connectivity index (χ0v) is 19.4. The summed E-state index contributed by atoms with van der Waals surface area (Å²) in [5, 5.41) is 10.9. The van der Waals surface area contributed by atoms with Crippen LogP contribution in [0.3, 0.4) is 0 Å². The largest absolute Gasteiger partial charge is 0.481 e. The van der Waals surface area contributed by atoms with E-state index in [2.05, 4.69) is 4.98 Å². The van der Waals surface area contributed by atoms with Crippen molar-refractivity contribution in [1.82, 2.24) is 9.55 Å². The van der Waals surface area contributed by atoms with Gasteiger partial charge in [0.2, 0.25) is 5.78 Å². The molecule has 0 radical (unpaired) electrons. The molecule has 0 atom stereocenters. The van der Waals surface area contributed by atoms with Crippen LogP contribution in [-0.2, 0) is 30.6 Å². The van der Waals surface area contributed by atoms with Gasteiger partial charge in [-0.15, -0.1) is 11.3 Å². The van der Waals surface area contributed by atoms with Crippen LogP contribution in [0.25, 0.3) is 0 Å². The number of aromatic nitrogens is 2. The number of carboxylic acid groups (broad SMARTS) is 1. The Hall–Kier alpha value is -2.28. The van der Waals surface area contributed by atoms with Crippen LogP contribution in [0.4, 0.5) is 0 Å². The average molecular weight is 457 g/mol. The molecule has 2 aliphatic rings. The number of aryl methyl sites for hydroxylation is 2. The fraction of sp³-hybridized carbons (Fsp3) is 0.600. The second kappa shape index (κ2) is 10.6. The molecule has 0 aromatic carbocycles. The lowest BCUT2D eigenvalue weighted by atomic mass is 9.88. The van der Waals surface area contributed by atoms with Crippen molar-refractivity contribution in [1.29, 1.82) is 0 Å². The molecule has 1 saturated carbocycles. The molecule has 0 unspecified atom stereocenters. The number of ketones is 1. The molecule has 1 N–H and O–H groups in total. The van der Waals surface area contributed by atoms with Gasteiger partial charge in [-0.2, -0.15) is 0 Å². The van der Waals surface area contributed by atoms with Crippen molar-refractivity contribution >= 4 is 23.1 Å². The van der Waals surface area contributed by atoms with E-state index in [1.165, 1.54) is 43.4 Å². The molecule has 0 amide bonds. The number of hydrogen-bond donors (Lipinski definition) is 1. The highest BCUT2D eigenvalue weighted by molar-refractivity contribution is 7.12. The van der Waals surface area contributed by atoms with E-state index in [-0.39, 0.29) is 34.8 Å². The van der Waals surface area contributed by atoms with Crippen LogP contribution in [0.5, 0.6) is 0 Å². The van der Waals surface area contributed by atoms with Gasteiger partial charge < -0.3 is 9.67 Å². The van der Waals surface area contributed by atoms with E-state index < -0.39 is 5.97 Å². The topological polar surface area (TPSA) is 89.3 Å². The molecule has 0 aliphatic heterocycles. The number of pyridine rings is 1. The molecule has 0 bridgehead atoms. The molecule has 0 spiro atoms. The van der Waals surface area contributed by atoms with Crippen molar-refractivity contribution in [2.45, 2.75) is 90.0 Å². The number of carbonyl (C=O) groups excluding carboxylic acids is 1. The zero-order chi connectivity index (χ0) is 22.5. The first kappa shape index (κ1) is 22.9. The number of rotatable bonds is 7. The van der Waals surface area contributed by atoms with Crippen LogP contribution in [-0.4, -0.2) is 26.4 Å². The highest BCUT2D eigenvalue weighted by atomic mass is 32.1. The van der Waals surface area contributed by atoms with E-state index in [9.17, 15) is 14.4 Å². The van der Waals surface area contributed by atoms with Gasteiger partial charge in [-0.25, -0.2) is 4.98 Å². The van der Waals surface area contributed by atoms with Gasteiger partial charge >= 0.3 is 5.97 Å². The van der Waals surface area contributed by atoms with Crippen LogP contribution in [0, 0.1) is 5.92 Å². The van der Waals surface area contributed by atoms with Gasteiger partial charge in [-0.3, -0.25) is 14.4 Å². The van der Waals surface area contributed by atoms with Gasteiger partial charge in [0, 0.05) is 24.0 Å². The Labute approximate surface area is 192 Å². The Morgan fingerprint density at radius 1 is 1.06 bits per heavy atom. The van der Waals surface area contributed by atoms with Crippen LogP contribution in [0.1, 0.15) is 96.5 Å². The minimum Gasteiger partial charge on any atom is -0.481 e. The van der Waals surface area contributed by atoms with Crippen molar-refractivity contribution in [2.24, 2.45) is 5.92 Å². The first-order chi connectivity index (χ1) is 15.5. The summed E-state index contributed by atoms with van der Waals surface area (Å²) in [6.45, 7) is 0.712. The summed E-state index contributed by atoms with van der Waals surface area (Å²) >= 11 is 1.20. The van der Waals surface area contributed by atoms with E-state index in [0.717, 1.165) is 49.8 Å². The smallest absolute Gasteiger partial charge is 0.303 e. The molecular formula is C25H32N2O4S. The lowest BCUT2D eigenvalue weighted by Gasteiger charge is -2.26. The predicted molar refractivity (Wildman–Crippen MR) is 125 cm³/mol. The molecule has 172 valence electrons. The Morgan fingerprint density at radius 3 is 2.53 bits per heavy atom. The molecule has 2 aromatic rings. The third-order valence-electron chi connectivity index (χ3n) is 6.85. The van der Waals surface area contributed by atoms with E-state index in [1.54, 1.807) is 5.38 Å². The molecule has 32 heavy (non-hydrogen) atoms. The summed E-state index contributed by atoms with van der Waals surface area (Å²) in [4.78, 5) is 42.1. The van der Waals surface area contributed by atoms with Crippen molar-refractivity contribution < 1.29 is 14.7 Å². The van der Waals surface area contributed by atoms with Gasteiger partial charge in [0.15, 0.2) is 5.01 Å². The molecule has 1 fully saturated rings. The SMILES string of the molecule is O=C(O)CCc1csc(C(=O)c2cc3c(n(CC4CCCCC4)c2=O)CCCCCC3)n1. The number of aliphatic carboxylic acids is 1. The van der Waals surface area contributed by atoms with Gasteiger partial charge in [-0.05, 0) is 56.1 Å². The van der Waals surface area contributed by atoms with Crippen LogP contribution < -0.4 is 5.56 Å².